The Kier molecular flexibility index (Phi) is 3.26. The molecule has 1 atom stereocenters. The lowest BCUT2D eigenvalue weighted by molar-refractivity contribution is 0.414. The van der Waals surface area contributed by atoms with E-state index in [0.29, 0.717) is 6.04 Å². The van der Waals surface area contributed by atoms with Crippen molar-refractivity contribution < 1.29 is 5.11 Å². The molecule has 1 unspecified atom stereocenters. The van der Waals surface area contributed by atoms with E-state index in [9.17, 15) is 0 Å². The molecule has 3 nitrogen and oxygen atoms in total. The second kappa shape index (κ2) is 4.30. The predicted octanol–water partition coefficient (Wildman–Crippen LogP) is 0.00960. The molecule has 10 heavy (non-hydrogen) atoms. The van der Waals surface area contributed by atoms with Crippen LogP contribution in [-0.4, -0.2) is 30.8 Å². The molecule has 1 aliphatic heterocycles. The van der Waals surface area contributed by atoms with Gasteiger partial charge in [0.1, 0.15) is 0 Å². The van der Waals surface area contributed by atoms with Gasteiger partial charge in [-0.1, -0.05) is 0 Å². The van der Waals surface area contributed by atoms with E-state index in [4.69, 9.17) is 5.11 Å². The van der Waals surface area contributed by atoms with Crippen LogP contribution in [0.3, 0.4) is 0 Å². The topological polar surface area (TPSA) is 44.3 Å². The Bertz CT molecular complexity index is 108. The number of nitrogens with one attached hydrogen (secondary N) is 2. The van der Waals surface area contributed by atoms with Crippen molar-refractivity contribution >= 4 is 0 Å². The first-order valence-electron chi connectivity index (χ1n) is 3.67. The minimum Gasteiger partial charge on any atom is -0.516 e. The molecule has 0 spiro atoms. The largest absolute Gasteiger partial charge is 0.516 e. The lowest BCUT2D eigenvalue weighted by atomic mass is 10.2. The summed E-state index contributed by atoms with van der Waals surface area (Å²) < 4.78 is 0. The lowest BCUT2D eigenvalue weighted by Crippen LogP contribution is -2.47. The number of hydrogen-bond donors (Lipinski definition) is 3. The fourth-order valence-electron chi connectivity index (χ4n) is 1.10. The molecule has 1 fully saturated rings. The third kappa shape index (κ3) is 2.37. The van der Waals surface area contributed by atoms with Gasteiger partial charge in [0.2, 0.25) is 0 Å². The number of rotatable bonds is 2. The van der Waals surface area contributed by atoms with E-state index in [2.05, 4.69) is 10.6 Å². The van der Waals surface area contributed by atoms with E-state index in [1.807, 2.05) is 0 Å². The second-order valence-corrected chi connectivity index (χ2v) is 2.48. The SMILES string of the molecule is OC=CCC1CNCCN1. The Morgan fingerprint density at radius 3 is 3.00 bits per heavy atom. The van der Waals surface area contributed by atoms with Gasteiger partial charge in [0.15, 0.2) is 0 Å². The van der Waals surface area contributed by atoms with Crippen LogP contribution in [0, 0.1) is 0 Å². The van der Waals surface area contributed by atoms with Crippen LogP contribution < -0.4 is 10.6 Å². The Hall–Kier alpha value is -0.540. The van der Waals surface area contributed by atoms with E-state index in [0.717, 1.165) is 32.3 Å². The predicted molar refractivity (Wildman–Crippen MR) is 41.0 cm³/mol. The normalized spacial score (nSPS) is 27.4. The molecule has 0 aromatic carbocycles. The zero-order valence-electron chi connectivity index (χ0n) is 6.01. The van der Waals surface area contributed by atoms with Crippen LogP contribution in [0.5, 0.6) is 0 Å². The fourth-order valence-corrected chi connectivity index (χ4v) is 1.10. The Labute approximate surface area is 61.1 Å². The van der Waals surface area contributed by atoms with Crippen LogP contribution in [0.1, 0.15) is 6.42 Å². The van der Waals surface area contributed by atoms with Crippen molar-refractivity contribution in [3.8, 4) is 0 Å². The van der Waals surface area contributed by atoms with E-state index < -0.39 is 0 Å². The zero-order chi connectivity index (χ0) is 7.23. The molecule has 0 aromatic heterocycles. The maximum atomic E-state index is 8.37. The second-order valence-electron chi connectivity index (χ2n) is 2.48. The molecule has 0 amide bonds. The van der Waals surface area contributed by atoms with Gasteiger partial charge in [-0.05, 0) is 12.5 Å². The summed E-state index contributed by atoms with van der Waals surface area (Å²) in [7, 11) is 0. The summed E-state index contributed by atoms with van der Waals surface area (Å²) in [4.78, 5) is 0. The minimum absolute atomic E-state index is 0.497. The Morgan fingerprint density at radius 1 is 1.50 bits per heavy atom. The number of aliphatic hydroxyl groups is 1. The summed E-state index contributed by atoms with van der Waals surface area (Å²) in [6.07, 6.45) is 3.78. The van der Waals surface area contributed by atoms with Gasteiger partial charge in [0.05, 0.1) is 6.26 Å². The van der Waals surface area contributed by atoms with Crippen molar-refractivity contribution in [3.63, 3.8) is 0 Å². The molecule has 3 heteroatoms. The van der Waals surface area contributed by atoms with Gasteiger partial charge in [-0.25, -0.2) is 0 Å². The van der Waals surface area contributed by atoms with Crippen LogP contribution in [0.15, 0.2) is 12.3 Å². The van der Waals surface area contributed by atoms with Crippen LogP contribution in [0.25, 0.3) is 0 Å². The van der Waals surface area contributed by atoms with E-state index in [-0.39, 0.29) is 0 Å². The quantitative estimate of drug-likeness (QED) is 0.476. The first-order chi connectivity index (χ1) is 4.93. The van der Waals surface area contributed by atoms with Crippen LogP contribution >= 0.6 is 0 Å². The monoisotopic (exact) mass is 142 g/mol. The summed E-state index contributed by atoms with van der Waals surface area (Å²) >= 11 is 0. The third-order valence-electron chi connectivity index (χ3n) is 1.65. The summed E-state index contributed by atoms with van der Waals surface area (Å²) in [6, 6.07) is 0.497. The summed E-state index contributed by atoms with van der Waals surface area (Å²) in [5.74, 6) is 0. The molecular weight excluding hydrogens is 128 g/mol. The van der Waals surface area contributed by atoms with Crippen molar-refractivity contribution in [1.29, 1.82) is 0 Å². The molecule has 0 saturated carbocycles. The average Bonchev–Trinajstić information content (AvgIpc) is 2.03. The van der Waals surface area contributed by atoms with E-state index in [1.54, 1.807) is 6.08 Å². The maximum Gasteiger partial charge on any atom is 0.0752 e. The minimum atomic E-state index is 0.497. The molecule has 3 N–H and O–H groups in total. The number of piperazine rings is 1. The molecular formula is C7H14N2O. The standard InChI is InChI=1S/C7H14N2O/c10-5-1-2-7-6-8-3-4-9-7/h1,5,7-10H,2-4,6H2. The zero-order valence-corrected chi connectivity index (χ0v) is 6.01. The van der Waals surface area contributed by atoms with E-state index in [1.165, 1.54) is 0 Å². The molecule has 1 rings (SSSR count). The molecule has 1 saturated heterocycles. The highest BCUT2D eigenvalue weighted by molar-refractivity contribution is 4.84. The summed E-state index contributed by atoms with van der Waals surface area (Å²) in [5.41, 5.74) is 0. The summed E-state index contributed by atoms with van der Waals surface area (Å²) in [6.45, 7) is 3.09. The van der Waals surface area contributed by atoms with Crippen LogP contribution in [0.4, 0.5) is 0 Å². The Morgan fingerprint density at radius 2 is 2.40 bits per heavy atom. The molecule has 0 radical (unpaired) electrons. The third-order valence-corrected chi connectivity index (χ3v) is 1.65. The Balaban J connectivity index is 2.13. The number of aliphatic hydroxyl groups excluding tert-OH is 1. The van der Waals surface area contributed by atoms with Crippen molar-refractivity contribution in [2.45, 2.75) is 12.5 Å². The van der Waals surface area contributed by atoms with Crippen molar-refractivity contribution in [3.05, 3.63) is 12.3 Å². The molecule has 1 heterocycles. The van der Waals surface area contributed by atoms with Gasteiger partial charge in [0, 0.05) is 25.7 Å². The first kappa shape index (κ1) is 7.57. The average molecular weight is 142 g/mol. The first-order valence-corrected chi connectivity index (χ1v) is 3.67. The molecule has 0 aliphatic carbocycles. The maximum absolute atomic E-state index is 8.37. The molecule has 0 bridgehead atoms. The molecule has 0 aromatic rings. The van der Waals surface area contributed by atoms with Gasteiger partial charge in [-0.3, -0.25) is 0 Å². The highest BCUT2D eigenvalue weighted by atomic mass is 16.2. The smallest absolute Gasteiger partial charge is 0.0752 e. The van der Waals surface area contributed by atoms with Crippen LogP contribution in [0.2, 0.25) is 0 Å². The van der Waals surface area contributed by atoms with E-state index >= 15 is 0 Å². The number of hydrogen-bond acceptors (Lipinski definition) is 3. The molecule has 58 valence electrons. The highest BCUT2D eigenvalue weighted by Crippen LogP contribution is 1.93. The van der Waals surface area contributed by atoms with Crippen molar-refractivity contribution in [2.24, 2.45) is 0 Å². The fraction of sp³-hybridized carbons (Fsp3) is 0.714. The summed E-state index contributed by atoms with van der Waals surface area (Å²) in [5, 5.41) is 15.0. The van der Waals surface area contributed by atoms with Crippen molar-refractivity contribution in [2.75, 3.05) is 19.6 Å². The lowest BCUT2D eigenvalue weighted by Gasteiger charge is -2.22. The highest BCUT2D eigenvalue weighted by Gasteiger charge is 2.08. The van der Waals surface area contributed by atoms with Gasteiger partial charge in [-0.2, -0.15) is 0 Å². The van der Waals surface area contributed by atoms with Gasteiger partial charge >= 0.3 is 0 Å². The van der Waals surface area contributed by atoms with Crippen molar-refractivity contribution in [1.82, 2.24) is 10.6 Å². The van der Waals surface area contributed by atoms with Gasteiger partial charge in [-0.15, -0.1) is 0 Å². The van der Waals surface area contributed by atoms with Gasteiger partial charge in [0.25, 0.3) is 0 Å². The molecule has 1 aliphatic rings. The van der Waals surface area contributed by atoms with Crippen LogP contribution in [-0.2, 0) is 0 Å². The van der Waals surface area contributed by atoms with Gasteiger partial charge < -0.3 is 15.7 Å².